The normalized spacial score (nSPS) is 26.4. The number of ether oxygens (including phenoxy) is 3. The molecule has 0 saturated carbocycles. The van der Waals surface area contributed by atoms with Gasteiger partial charge in [0, 0.05) is 6.42 Å². The highest BCUT2D eigenvalue weighted by Crippen LogP contribution is 2.41. The number of hydrogen-bond donors (Lipinski definition) is 0. The molecule has 0 unspecified atom stereocenters. The third-order valence-electron chi connectivity index (χ3n) is 5.57. The molecule has 0 amide bonds. The van der Waals surface area contributed by atoms with Crippen molar-refractivity contribution < 1.29 is 27.8 Å². The van der Waals surface area contributed by atoms with E-state index in [1.165, 1.54) is 31.4 Å². The first kappa shape index (κ1) is 19.0. The molecule has 148 valence electrons. The van der Waals surface area contributed by atoms with E-state index < -0.39 is 18.1 Å². The van der Waals surface area contributed by atoms with Crippen LogP contribution in [0.5, 0.6) is 0 Å². The van der Waals surface area contributed by atoms with Crippen molar-refractivity contribution in [1.82, 2.24) is 0 Å². The van der Waals surface area contributed by atoms with E-state index in [0.29, 0.717) is 6.42 Å². The molecule has 2 aliphatic heterocycles. The molecule has 2 aliphatic rings. The number of esters is 1. The summed E-state index contributed by atoms with van der Waals surface area (Å²) < 4.78 is 44.2. The molecule has 0 spiro atoms. The number of hydrogen-bond acceptors (Lipinski definition) is 4. The summed E-state index contributed by atoms with van der Waals surface area (Å²) in [7, 11) is 1.36. The lowest BCUT2D eigenvalue weighted by molar-refractivity contribution is -0.176. The molecular formula is C22H22F2O4. The van der Waals surface area contributed by atoms with Crippen LogP contribution in [-0.4, -0.2) is 31.4 Å². The zero-order valence-electron chi connectivity index (χ0n) is 15.5. The lowest BCUT2D eigenvalue weighted by atomic mass is 9.91. The van der Waals surface area contributed by atoms with Gasteiger partial charge >= 0.3 is 5.97 Å². The van der Waals surface area contributed by atoms with Crippen molar-refractivity contribution in [2.24, 2.45) is 5.92 Å². The Hall–Kier alpha value is -2.31. The summed E-state index contributed by atoms with van der Waals surface area (Å²) in [5.74, 6) is -1.57. The second-order valence-electron chi connectivity index (χ2n) is 7.32. The molecular weight excluding hydrogens is 366 g/mol. The summed E-state index contributed by atoms with van der Waals surface area (Å²) in [5.41, 5.74) is 1.46. The molecule has 2 fully saturated rings. The lowest BCUT2D eigenvalue weighted by Crippen LogP contribution is -2.45. The van der Waals surface area contributed by atoms with Gasteiger partial charge in [-0.2, -0.15) is 0 Å². The van der Waals surface area contributed by atoms with Gasteiger partial charge in [0.15, 0.2) is 0 Å². The van der Waals surface area contributed by atoms with E-state index in [0.717, 1.165) is 24.0 Å². The minimum atomic E-state index is -0.559. The molecule has 2 heterocycles. The first-order valence-electron chi connectivity index (χ1n) is 9.45. The van der Waals surface area contributed by atoms with Gasteiger partial charge in [0.2, 0.25) is 0 Å². The van der Waals surface area contributed by atoms with E-state index in [9.17, 15) is 13.6 Å². The van der Waals surface area contributed by atoms with Crippen molar-refractivity contribution in [2.75, 3.05) is 7.11 Å². The lowest BCUT2D eigenvalue weighted by Gasteiger charge is -2.37. The molecule has 4 nitrogen and oxygen atoms in total. The Morgan fingerprint density at radius 2 is 1.57 bits per heavy atom. The molecule has 2 saturated heterocycles. The first-order chi connectivity index (χ1) is 13.5. The van der Waals surface area contributed by atoms with Crippen LogP contribution in [0.1, 0.15) is 36.5 Å². The number of methoxy groups -OCH3 is 1. The number of rotatable bonds is 5. The molecule has 4 atom stereocenters. The van der Waals surface area contributed by atoms with E-state index in [1.807, 2.05) is 0 Å². The van der Waals surface area contributed by atoms with Gasteiger partial charge in [-0.1, -0.05) is 24.3 Å². The monoisotopic (exact) mass is 388 g/mol. The van der Waals surface area contributed by atoms with E-state index in [4.69, 9.17) is 14.2 Å². The van der Waals surface area contributed by atoms with E-state index in [-0.39, 0.29) is 29.8 Å². The molecule has 2 aromatic rings. The average Bonchev–Trinajstić information content (AvgIpc) is 3.08. The van der Waals surface area contributed by atoms with Crippen molar-refractivity contribution in [1.29, 1.82) is 0 Å². The predicted octanol–water partition coefficient (Wildman–Crippen LogP) is 4.18. The van der Waals surface area contributed by atoms with Crippen molar-refractivity contribution in [2.45, 2.75) is 43.7 Å². The third kappa shape index (κ3) is 3.80. The SMILES string of the molecule is COC(=O)[C@H]1[C@H](OC(c2ccc(F)cc2)c2ccc(F)cc2)C[C@@H]2CC[C@H]1O2. The smallest absolute Gasteiger partial charge is 0.313 e. The van der Waals surface area contributed by atoms with Crippen LogP contribution in [0, 0.1) is 17.6 Å². The van der Waals surface area contributed by atoms with Crippen LogP contribution < -0.4 is 0 Å². The Bertz CT molecular complexity index is 776. The Kier molecular flexibility index (Phi) is 5.42. The van der Waals surface area contributed by atoms with Crippen LogP contribution in [0.2, 0.25) is 0 Å². The molecule has 6 heteroatoms. The molecule has 2 aromatic carbocycles. The standard InChI is InChI=1S/C22H22F2O4/c1-26-22(25)20-18-11-10-17(27-18)12-19(20)28-21(13-2-6-15(23)7-3-13)14-4-8-16(24)9-5-14/h2-9,17-21H,10-12H2,1H3/t17-,18+,19+,20+/m0/s1. The fourth-order valence-electron chi connectivity index (χ4n) is 4.20. The van der Waals surface area contributed by atoms with Gasteiger partial charge in [-0.05, 0) is 48.2 Å². The maximum Gasteiger partial charge on any atom is 0.313 e. The molecule has 0 N–H and O–H groups in total. The van der Waals surface area contributed by atoms with Crippen LogP contribution in [0.4, 0.5) is 8.78 Å². The summed E-state index contributed by atoms with van der Waals surface area (Å²) in [6, 6.07) is 12.0. The van der Waals surface area contributed by atoms with Gasteiger partial charge in [-0.25, -0.2) is 8.78 Å². The minimum Gasteiger partial charge on any atom is -0.469 e. The minimum absolute atomic E-state index is 0.0537. The van der Waals surface area contributed by atoms with Gasteiger partial charge in [0.25, 0.3) is 0 Å². The van der Waals surface area contributed by atoms with Crippen LogP contribution >= 0.6 is 0 Å². The quantitative estimate of drug-likeness (QED) is 0.721. The fraction of sp³-hybridized carbons (Fsp3) is 0.409. The molecule has 0 radical (unpaired) electrons. The molecule has 0 aliphatic carbocycles. The van der Waals surface area contributed by atoms with E-state index in [2.05, 4.69) is 0 Å². The zero-order valence-corrected chi connectivity index (χ0v) is 15.5. The highest BCUT2D eigenvalue weighted by Gasteiger charge is 2.48. The average molecular weight is 388 g/mol. The summed E-state index contributed by atoms with van der Waals surface area (Å²) in [6.45, 7) is 0. The van der Waals surface area contributed by atoms with Crippen LogP contribution in [-0.2, 0) is 19.0 Å². The zero-order chi connectivity index (χ0) is 19.7. The van der Waals surface area contributed by atoms with Crippen LogP contribution in [0.3, 0.4) is 0 Å². The number of benzene rings is 2. The van der Waals surface area contributed by atoms with Crippen molar-refractivity contribution in [3.05, 3.63) is 71.3 Å². The molecule has 28 heavy (non-hydrogen) atoms. The largest absolute Gasteiger partial charge is 0.469 e. The summed E-state index contributed by atoms with van der Waals surface area (Å²) in [4.78, 5) is 12.4. The number of carbonyl (C=O) groups excluding carboxylic acids is 1. The molecule has 4 rings (SSSR count). The second-order valence-corrected chi connectivity index (χ2v) is 7.32. The molecule has 2 bridgehead atoms. The Balaban J connectivity index is 1.67. The van der Waals surface area contributed by atoms with Crippen LogP contribution in [0.15, 0.2) is 48.5 Å². The second kappa shape index (κ2) is 7.97. The number of fused-ring (bicyclic) bond motifs is 2. The Morgan fingerprint density at radius 1 is 1.00 bits per heavy atom. The maximum atomic E-state index is 13.4. The fourth-order valence-corrected chi connectivity index (χ4v) is 4.20. The van der Waals surface area contributed by atoms with Gasteiger partial charge in [-0.15, -0.1) is 0 Å². The van der Waals surface area contributed by atoms with E-state index >= 15 is 0 Å². The van der Waals surface area contributed by atoms with Crippen molar-refractivity contribution in [3.8, 4) is 0 Å². The predicted molar refractivity (Wildman–Crippen MR) is 97.5 cm³/mol. The highest BCUT2D eigenvalue weighted by molar-refractivity contribution is 5.74. The van der Waals surface area contributed by atoms with Crippen molar-refractivity contribution >= 4 is 5.97 Å². The first-order valence-corrected chi connectivity index (χ1v) is 9.45. The topological polar surface area (TPSA) is 44.8 Å². The van der Waals surface area contributed by atoms with Gasteiger partial charge in [0.05, 0.1) is 25.4 Å². The van der Waals surface area contributed by atoms with Gasteiger partial charge < -0.3 is 14.2 Å². The van der Waals surface area contributed by atoms with E-state index in [1.54, 1.807) is 24.3 Å². The Labute approximate surface area is 162 Å². The maximum absolute atomic E-state index is 13.4. The van der Waals surface area contributed by atoms with Crippen LogP contribution in [0.25, 0.3) is 0 Å². The highest BCUT2D eigenvalue weighted by atomic mass is 19.1. The third-order valence-corrected chi connectivity index (χ3v) is 5.57. The molecule has 0 aromatic heterocycles. The number of halogens is 2. The van der Waals surface area contributed by atoms with Crippen molar-refractivity contribution in [3.63, 3.8) is 0 Å². The summed E-state index contributed by atoms with van der Waals surface area (Å²) >= 11 is 0. The Morgan fingerprint density at radius 3 is 2.11 bits per heavy atom. The summed E-state index contributed by atoms with van der Waals surface area (Å²) in [5, 5.41) is 0. The van der Waals surface area contributed by atoms with Gasteiger partial charge in [-0.3, -0.25) is 4.79 Å². The van der Waals surface area contributed by atoms with Gasteiger partial charge in [0.1, 0.15) is 23.7 Å². The number of carbonyl (C=O) groups is 1. The summed E-state index contributed by atoms with van der Waals surface area (Å²) in [6.07, 6.45) is 1.12.